The van der Waals surface area contributed by atoms with Gasteiger partial charge in [0.15, 0.2) is 6.61 Å². The van der Waals surface area contributed by atoms with E-state index >= 15 is 0 Å². The number of aryl methyl sites for hydroxylation is 1. The van der Waals surface area contributed by atoms with Gasteiger partial charge in [0.25, 0.3) is 5.91 Å². The Labute approximate surface area is 154 Å². The van der Waals surface area contributed by atoms with Crippen molar-refractivity contribution in [2.75, 3.05) is 17.7 Å². The third kappa shape index (κ3) is 6.76. The van der Waals surface area contributed by atoms with E-state index in [1.165, 1.54) is 29.5 Å². The summed E-state index contributed by atoms with van der Waals surface area (Å²) in [7, 11) is 0. The molecular formula is C18H17ClFNO3S. The van der Waals surface area contributed by atoms with Gasteiger partial charge in [0.1, 0.15) is 5.82 Å². The normalized spacial score (nSPS) is 10.4. The van der Waals surface area contributed by atoms with Crippen molar-refractivity contribution in [2.24, 2.45) is 0 Å². The molecule has 0 unspecified atom stereocenters. The van der Waals surface area contributed by atoms with Crippen LogP contribution in [0.3, 0.4) is 0 Å². The first-order chi connectivity index (χ1) is 11.9. The molecule has 0 bridgehead atoms. The Morgan fingerprint density at radius 2 is 1.92 bits per heavy atom. The first-order valence-electron chi connectivity index (χ1n) is 7.48. The Morgan fingerprint density at radius 3 is 2.60 bits per heavy atom. The van der Waals surface area contributed by atoms with E-state index in [0.29, 0.717) is 5.75 Å². The van der Waals surface area contributed by atoms with E-state index in [1.807, 2.05) is 31.2 Å². The average Bonchev–Trinajstić information content (AvgIpc) is 2.57. The highest BCUT2D eigenvalue weighted by Gasteiger charge is 2.10. The van der Waals surface area contributed by atoms with Crippen molar-refractivity contribution < 1.29 is 18.7 Å². The molecular weight excluding hydrogens is 365 g/mol. The summed E-state index contributed by atoms with van der Waals surface area (Å²) in [6.07, 6.45) is 0. The first kappa shape index (κ1) is 19.3. The van der Waals surface area contributed by atoms with Crippen molar-refractivity contribution in [1.29, 1.82) is 0 Å². The van der Waals surface area contributed by atoms with Gasteiger partial charge in [0.2, 0.25) is 0 Å². The van der Waals surface area contributed by atoms with Crippen molar-refractivity contribution in [1.82, 2.24) is 0 Å². The van der Waals surface area contributed by atoms with Crippen LogP contribution in [0.5, 0.6) is 0 Å². The minimum atomic E-state index is -0.652. The Hall–Kier alpha value is -2.05. The maximum Gasteiger partial charge on any atom is 0.316 e. The predicted octanol–water partition coefficient (Wildman–Crippen LogP) is 4.20. The fraction of sp³-hybridized carbons (Fsp3) is 0.222. The average molecular weight is 382 g/mol. The molecule has 0 fully saturated rings. The van der Waals surface area contributed by atoms with Crippen LogP contribution in [0, 0.1) is 12.7 Å². The number of hydrogen-bond acceptors (Lipinski definition) is 4. The lowest BCUT2D eigenvalue weighted by Crippen LogP contribution is -2.22. The fourth-order valence-electron chi connectivity index (χ4n) is 1.90. The molecule has 4 nitrogen and oxygen atoms in total. The molecule has 0 atom stereocenters. The van der Waals surface area contributed by atoms with Crippen molar-refractivity contribution >= 4 is 40.9 Å². The lowest BCUT2D eigenvalue weighted by Gasteiger charge is -2.08. The molecule has 2 aromatic carbocycles. The number of halogens is 2. The second-order valence-corrected chi connectivity index (χ2v) is 6.73. The van der Waals surface area contributed by atoms with E-state index in [2.05, 4.69) is 5.32 Å². The summed E-state index contributed by atoms with van der Waals surface area (Å²) in [5.74, 6) is -0.948. The first-order valence-corrected chi connectivity index (χ1v) is 9.01. The Bertz CT molecular complexity index is 752. The minimum Gasteiger partial charge on any atom is -0.455 e. The van der Waals surface area contributed by atoms with Gasteiger partial charge in [-0.05, 0) is 30.7 Å². The molecule has 0 radical (unpaired) electrons. The summed E-state index contributed by atoms with van der Waals surface area (Å²) in [5.41, 5.74) is 2.27. The molecule has 0 spiro atoms. The largest absolute Gasteiger partial charge is 0.455 e. The quantitative estimate of drug-likeness (QED) is 0.730. The highest BCUT2D eigenvalue weighted by Crippen LogP contribution is 2.18. The minimum absolute atomic E-state index is 0.0146. The topological polar surface area (TPSA) is 55.4 Å². The number of ether oxygens (including phenoxy) is 1. The molecule has 0 heterocycles. The zero-order valence-electron chi connectivity index (χ0n) is 13.6. The molecule has 0 saturated carbocycles. The molecule has 132 valence electrons. The molecule has 0 aliphatic rings. The maximum absolute atomic E-state index is 13.6. The number of nitrogens with one attached hydrogen (secondary N) is 1. The van der Waals surface area contributed by atoms with Crippen molar-refractivity contribution in [2.45, 2.75) is 12.7 Å². The van der Waals surface area contributed by atoms with Crippen LogP contribution < -0.4 is 5.32 Å². The van der Waals surface area contributed by atoms with E-state index in [4.69, 9.17) is 16.3 Å². The number of anilines is 1. The van der Waals surface area contributed by atoms with Gasteiger partial charge in [0.05, 0.1) is 11.4 Å². The molecule has 7 heteroatoms. The number of amides is 1. The van der Waals surface area contributed by atoms with Gasteiger partial charge >= 0.3 is 5.97 Å². The van der Waals surface area contributed by atoms with Crippen LogP contribution in [-0.2, 0) is 20.1 Å². The van der Waals surface area contributed by atoms with Crippen LogP contribution in [0.2, 0.25) is 5.02 Å². The third-order valence-electron chi connectivity index (χ3n) is 3.18. The fourth-order valence-corrected chi connectivity index (χ4v) is 2.84. The Balaban J connectivity index is 1.68. The Morgan fingerprint density at radius 1 is 1.20 bits per heavy atom. The van der Waals surface area contributed by atoms with Crippen LogP contribution in [0.15, 0.2) is 42.5 Å². The van der Waals surface area contributed by atoms with Gasteiger partial charge in [-0.1, -0.05) is 41.4 Å². The number of carbonyl (C=O) groups is 2. The van der Waals surface area contributed by atoms with Crippen LogP contribution in [0.1, 0.15) is 11.1 Å². The second kappa shape index (κ2) is 9.44. The summed E-state index contributed by atoms with van der Waals surface area (Å²) in [5, 5.41) is 2.55. The lowest BCUT2D eigenvalue weighted by atomic mass is 10.2. The zero-order valence-corrected chi connectivity index (χ0v) is 15.1. The summed E-state index contributed by atoms with van der Waals surface area (Å²) in [6.45, 7) is 1.54. The molecule has 25 heavy (non-hydrogen) atoms. The van der Waals surface area contributed by atoms with Gasteiger partial charge in [-0.3, -0.25) is 9.59 Å². The van der Waals surface area contributed by atoms with Crippen molar-refractivity contribution in [3.05, 3.63) is 64.4 Å². The van der Waals surface area contributed by atoms with E-state index in [1.54, 1.807) is 0 Å². The van der Waals surface area contributed by atoms with Crippen LogP contribution in [0.25, 0.3) is 0 Å². The number of thioether (sulfide) groups is 1. The van der Waals surface area contributed by atoms with Crippen LogP contribution >= 0.6 is 23.4 Å². The lowest BCUT2D eigenvalue weighted by molar-refractivity contribution is -0.144. The van der Waals surface area contributed by atoms with Crippen molar-refractivity contribution in [3.63, 3.8) is 0 Å². The van der Waals surface area contributed by atoms with Gasteiger partial charge in [-0.15, -0.1) is 11.8 Å². The Kier molecular flexibility index (Phi) is 7.28. The monoisotopic (exact) mass is 381 g/mol. The molecule has 0 aliphatic heterocycles. The molecule has 0 saturated heterocycles. The molecule has 2 rings (SSSR count). The highest BCUT2D eigenvalue weighted by molar-refractivity contribution is 7.99. The van der Waals surface area contributed by atoms with Gasteiger partial charge < -0.3 is 10.1 Å². The van der Waals surface area contributed by atoms with Crippen molar-refractivity contribution in [3.8, 4) is 0 Å². The number of benzene rings is 2. The SMILES string of the molecule is Cc1ccc(CSCC(=O)OCC(=O)Nc2ccc(Cl)cc2F)cc1. The summed E-state index contributed by atoms with van der Waals surface area (Å²) < 4.78 is 18.4. The zero-order chi connectivity index (χ0) is 18.2. The maximum atomic E-state index is 13.6. The van der Waals surface area contributed by atoms with E-state index < -0.39 is 24.3 Å². The number of esters is 1. The highest BCUT2D eigenvalue weighted by atomic mass is 35.5. The molecule has 2 aromatic rings. The number of carbonyl (C=O) groups excluding carboxylic acids is 2. The van der Waals surface area contributed by atoms with Gasteiger partial charge in [-0.25, -0.2) is 4.39 Å². The number of rotatable bonds is 7. The standard InChI is InChI=1S/C18H17ClFNO3S/c1-12-2-4-13(5-3-12)10-25-11-18(23)24-9-17(22)21-16-7-6-14(19)8-15(16)20/h2-8H,9-11H2,1H3,(H,21,22). The molecule has 0 aliphatic carbocycles. The smallest absolute Gasteiger partial charge is 0.316 e. The van der Waals surface area contributed by atoms with E-state index in [-0.39, 0.29) is 16.5 Å². The molecule has 1 N–H and O–H groups in total. The molecule has 0 aromatic heterocycles. The summed E-state index contributed by atoms with van der Waals surface area (Å²) >= 11 is 7.03. The van der Waals surface area contributed by atoms with Gasteiger partial charge in [0, 0.05) is 10.8 Å². The second-order valence-electron chi connectivity index (χ2n) is 5.31. The number of hydrogen-bond donors (Lipinski definition) is 1. The molecule has 1 amide bonds. The van der Waals surface area contributed by atoms with Crippen LogP contribution in [-0.4, -0.2) is 24.2 Å². The third-order valence-corrected chi connectivity index (χ3v) is 4.39. The van der Waals surface area contributed by atoms with Crippen LogP contribution in [0.4, 0.5) is 10.1 Å². The summed E-state index contributed by atoms with van der Waals surface area (Å²) in [4.78, 5) is 23.3. The van der Waals surface area contributed by atoms with E-state index in [0.717, 1.165) is 11.6 Å². The van der Waals surface area contributed by atoms with Gasteiger partial charge in [-0.2, -0.15) is 0 Å². The predicted molar refractivity (Wildman–Crippen MR) is 98.3 cm³/mol. The summed E-state index contributed by atoms with van der Waals surface area (Å²) in [6, 6.07) is 11.9. The van der Waals surface area contributed by atoms with E-state index in [9.17, 15) is 14.0 Å².